The molecular formula is C20H17N5O6S3. The van der Waals surface area contributed by atoms with Gasteiger partial charge in [0.05, 0.1) is 15.9 Å². The van der Waals surface area contributed by atoms with E-state index in [0.29, 0.717) is 16.3 Å². The molecule has 0 spiro atoms. The van der Waals surface area contributed by atoms with Crippen LogP contribution in [0.5, 0.6) is 0 Å². The van der Waals surface area contributed by atoms with Crippen LogP contribution in [0, 0.1) is 13.8 Å². The fourth-order valence-electron chi connectivity index (χ4n) is 3.63. The highest BCUT2D eigenvalue weighted by Crippen LogP contribution is 2.32. The van der Waals surface area contributed by atoms with E-state index in [9.17, 15) is 18.0 Å². The third-order valence-corrected chi connectivity index (χ3v) is 8.66. The van der Waals surface area contributed by atoms with Crippen LogP contribution >= 0.6 is 23.1 Å². The van der Waals surface area contributed by atoms with Crippen LogP contribution in [0.2, 0.25) is 0 Å². The minimum atomic E-state index is -3.65. The first-order valence-corrected chi connectivity index (χ1v) is 13.5. The molecule has 3 aromatic heterocycles. The topological polar surface area (TPSA) is 158 Å². The predicted octanol–water partition coefficient (Wildman–Crippen LogP) is 2.96. The fraction of sp³-hybridized carbons (Fsp3) is 0.300. The van der Waals surface area contributed by atoms with Gasteiger partial charge in [-0.1, -0.05) is 23.0 Å². The summed E-state index contributed by atoms with van der Waals surface area (Å²) in [5.41, 5.74) is 3.32. The van der Waals surface area contributed by atoms with Crippen LogP contribution in [0.3, 0.4) is 0 Å². The Morgan fingerprint density at radius 2 is 1.91 bits per heavy atom. The van der Waals surface area contributed by atoms with Crippen molar-refractivity contribution in [2.45, 2.75) is 37.0 Å². The molecule has 5 rings (SSSR count). The highest BCUT2D eigenvalue weighted by atomic mass is 32.2. The Kier molecular flexibility index (Phi) is 5.73. The maximum absolute atomic E-state index is 12.7. The molecule has 0 radical (unpaired) electrons. The molecule has 1 aliphatic rings. The Bertz CT molecular complexity index is 1520. The van der Waals surface area contributed by atoms with Gasteiger partial charge in [-0.2, -0.15) is 0 Å². The van der Waals surface area contributed by atoms with Crippen molar-refractivity contribution in [3.05, 3.63) is 46.4 Å². The van der Waals surface area contributed by atoms with E-state index in [1.807, 2.05) is 32.0 Å². The Hall–Kier alpha value is -3.10. The molecule has 14 heteroatoms. The van der Waals surface area contributed by atoms with Crippen molar-refractivity contribution in [2.75, 3.05) is 0 Å². The Labute approximate surface area is 201 Å². The Morgan fingerprint density at radius 3 is 2.62 bits per heavy atom. The van der Waals surface area contributed by atoms with Gasteiger partial charge in [0.25, 0.3) is 5.24 Å². The van der Waals surface area contributed by atoms with Crippen molar-refractivity contribution in [2.24, 2.45) is 0 Å². The van der Waals surface area contributed by atoms with E-state index in [4.69, 9.17) is 8.94 Å². The lowest BCUT2D eigenvalue weighted by atomic mass is 10.0. The number of sulfone groups is 1. The van der Waals surface area contributed by atoms with Gasteiger partial charge in [0.1, 0.15) is 27.5 Å². The first-order valence-electron chi connectivity index (χ1n) is 10.0. The summed E-state index contributed by atoms with van der Waals surface area (Å²) in [6.07, 6.45) is 0.0423. The minimum Gasteiger partial charge on any atom is -0.424 e. The summed E-state index contributed by atoms with van der Waals surface area (Å²) in [5.74, 6) is -0.438. The largest absolute Gasteiger partial charge is 0.424 e. The summed E-state index contributed by atoms with van der Waals surface area (Å²) in [6.45, 7) is 3.71. The van der Waals surface area contributed by atoms with Gasteiger partial charge in [-0.05, 0) is 31.5 Å². The summed E-state index contributed by atoms with van der Waals surface area (Å²) in [5, 5.41) is 13.1. The van der Waals surface area contributed by atoms with Crippen LogP contribution in [0.4, 0.5) is 4.79 Å². The molecule has 1 unspecified atom stereocenters. The highest BCUT2D eigenvalue weighted by Gasteiger charge is 2.33. The number of rotatable bonds is 7. The molecule has 1 saturated heterocycles. The molecule has 0 aliphatic carbocycles. The molecule has 1 N–H and O–H groups in total. The van der Waals surface area contributed by atoms with Crippen molar-refractivity contribution in [1.29, 1.82) is 0 Å². The molecule has 1 aromatic carbocycles. The average molecular weight is 520 g/mol. The monoisotopic (exact) mass is 519 g/mol. The van der Waals surface area contributed by atoms with E-state index in [2.05, 4.69) is 25.7 Å². The number of nitrogens with one attached hydrogen (secondary N) is 1. The van der Waals surface area contributed by atoms with Crippen LogP contribution in [-0.2, 0) is 32.6 Å². The average Bonchev–Trinajstić information content (AvgIpc) is 3.50. The van der Waals surface area contributed by atoms with Crippen molar-refractivity contribution in [3.63, 3.8) is 0 Å². The van der Waals surface area contributed by atoms with Crippen LogP contribution in [0.1, 0.15) is 28.2 Å². The molecule has 11 nitrogen and oxygen atoms in total. The SMILES string of the molecule is Cc1noc(C)c1-c1ccc2nc(CS(=O)(=O)Cc3nnc(CC4SC(=O)NC4=O)o3)sc2c1. The van der Waals surface area contributed by atoms with Crippen LogP contribution in [0.15, 0.2) is 27.1 Å². The summed E-state index contributed by atoms with van der Waals surface area (Å²) in [6, 6.07) is 5.69. The number of fused-ring (bicyclic) bond motifs is 1. The highest BCUT2D eigenvalue weighted by molar-refractivity contribution is 8.15. The molecule has 2 amide bonds. The second-order valence-corrected chi connectivity index (χ2v) is 12.1. The number of imide groups is 1. The summed E-state index contributed by atoms with van der Waals surface area (Å²) in [4.78, 5) is 27.4. The van der Waals surface area contributed by atoms with Gasteiger partial charge in [0.2, 0.25) is 17.7 Å². The predicted molar refractivity (Wildman–Crippen MR) is 124 cm³/mol. The number of thioether (sulfide) groups is 1. The molecule has 176 valence electrons. The third kappa shape index (κ3) is 4.60. The van der Waals surface area contributed by atoms with Crippen LogP contribution < -0.4 is 5.32 Å². The molecule has 4 heterocycles. The van der Waals surface area contributed by atoms with E-state index in [1.165, 1.54) is 11.3 Å². The first kappa shape index (κ1) is 22.7. The number of amides is 2. The van der Waals surface area contributed by atoms with Crippen molar-refractivity contribution < 1.29 is 26.9 Å². The van der Waals surface area contributed by atoms with Crippen LogP contribution in [-0.4, -0.2) is 45.2 Å². The van der Waals surface area contributed by atoms with E-state index >= 15 is 0 Å². The minimum absolute atomic E-state index is 0.0423. The number of nitrogens with zero attached hydrogens (tertiary/aromatic N) is 4. The smallest absolute Gasteiger partial charge is 0.286 e. The van der Waals surface area contributed by atoms with E-state index in [-0.39, 0.29) is 24.0 Å². The lowest BCUT2D eigenvalue weighted by Gasteiger charge is -2.00. The summed E-state index contributed by atoms with van der Waals surface area (Å²) < 4.78 is 37.0. The second-order valence-electron chi connectivity index (χ2n) is 7.70. The summed E-state index contributed by atoms with van der Waals surface area (Å²) in [7, 11) is -3.65. The number of benzene rings is 1. The Morgan fingerprint density at radius 1 is 1.12 bits per heavy atom. The molecule has 1 aliphatic heterocycles. The molecule has 34 heavy (non-hydrogen) atoms. The normalized spacial score (nSPS) is 16.5. The van der Waals surface area contributed by atoms with Gasteiger partial charge in [-0.25, -0.2) is 13.4 Å². The Balaban J connectivity index is 1.29. The van der Waals surface area contributed by atoms with E-state index < -0.39 is 32.0 Å². The van der Waals surface area contributed by atoms with Gasteiger partial charge < -0.3 is 8.94 Å². The van der Waals surface area contributed by atoms with Crippen molar-refractivity contribution in [1.82, 2.24) is 25.7 Å². The standard InChI is InChI=1S/C20H17N5O6S3/c1-9-18(10(2)31-25-9)11-3-4-12-13(5-11)32-17(21-12)8-34(28,29)7-16-24-23-15(30-16)6-14-19(26)22-20(27)33-14/h3-5,14H,6-8H2,1-2H3,(H,22,26,27). The second kappa shape index (κ2) is 8.60. The van der Waals surface area contributed by atoms with Crippen molar-refractivity contribution in [3.8, 4) is 11.1 Å². The first-order chi connectivity index (χ1) is 16.2. The number of hydrogen-bond acceptors (Lipinski definition) is 12. The molecule has 1 fully saturated rings. The third-order valence-electron chi connectivity index (χ3n) is 5.08. The maximum Gasteiger partial charge on any atom is 0.286 e. The number of aromatic nitrogens is 4. The summed E-state index contributed by atoms with van der Waals surface area (Å²) >= 11 is 2.13. The quantitative estimate of drug-likeness (QED) is 0.382. The lowest BCUT2D eigenvalue weighted by molar-refractivity contribution is -0.119. The molecule has 4 aromatic rings. The van der Waals surface area contributed by atoms with Gasteiger partial charge in [-0.15, -0.1) is 21.5 Å². The fourth-order valence-corrected chi connectivity index (χ4v) is 7.05. The number of thiazole rings is 1. The number of aryl methyl sites for hydroxylation is 2. The number of carbonyl (C=O) groups is 2. The number of carbonyl (C=O) groups excluding carboxylic acids is 2. The van der Waals surface area contributed by atoms with Gasteiger partial charge in [0, 0.05) is 12.0 Å². The van der Waals surface area contributed by atoms with Crippen molar-refractivity contribution >= 4 is 54.3 Å². The van der Waals surface area contributed by atoms with E-state index in [1.54, 1.807) is 0 Å². The van der Waals surface area contributed by atoms with Gasteiger partial charge in [-0.3, -0.25) is 14.9 Å². The lowest BCUT2D eigenvalue weighted by Crippen LogP contribution is -2.25. The molecule has 1 atom stereocenters. The van der Waals surface area contributed by atoms with Gasteiger partial charge >= 0.3 is 0 Å². The zero-order valence-electron chi connectivity index (χ0n) is 17.9. The van der Waals surface area contributed by atoms with E-state index in [0.717, 1.165) is 33.3 Å². The maximum atomic E-state index is 12.7. The zero-order chi connectivity index (χ0) is 24.0. The molecular weight excluding hydrogens is 502 g/mol. The number of hydrogen-bond donors (Lipinski definition) is 1. The molecule has 0 saturated carbocycles. The van der Waals surface area contributed by atoms with Crippen LogP contribution in [0.25, 0.3) is 21.3 Å². The zero-order valence-corrected chi connectivity index (χ0v) is 20.3. The van der Waals surface area contributed by atoms with Gasteiger partial charge in [0.15, 0.2) is 9.84 Å². The molecule has 0 bridgehead atoms.